The minimum atomic E-state index is -0.906. The van der Waals surface area contributed by atoms with Gasteiger partial charge in [0.2, 0.25) is 5.91 Å². The number of amides is 2. The quantitative estimate of drug-likeness (QED) is 0.583. The Hall–Kier alpha value is -4.04. The summed E-state index contributed by atoms with van der Waals surface area (Å²) in [4.78, 5) is 28.4. The molecule has 33 heavy (non-hydrogen) atoms. The molecule has 0 radical (unpaired) electrons. The smallest absolute Gasteiger partial charge is 0.304 e. The van der Waals surface area contributed by atoms with Crippen LogP contribution in [-0.2, 0) is 9.59 Å². The van der Waals surface area contributed by atoms with E-state index in [-0.39, 0.29) is 5.91 Å². The SMILES string of the molecule is COc1ccc(N(C(=O)C#Cc2ccccc2)C(C(=O)NC(C)(C)C)c2ccccc2)cc1. The van der Waals surface area contributed by atoms with E-state index in [0.717, 1.165) is 5.56 Å². The van der Waals surface area contributed by atoms with Crippen molar-refractivity contribution in [3.63, 3.8) is 0 Å². The summed E-state index contributed by atoms with van der Waals surface area (Å²) in [6, 6.07) is 24.6. The minimum Gasteiger partial charge on any atom is -0.497 e. The molecule has 168 valence electrons. The van der Waals surface area contributed by atoms with Crippen molar-refractivity contribution in [2.45, 2.75) is 32.4 Å². The topological polar surface area (TPSA) is 58.6 Å². The Bertz CT molecular complexity index is 1140. The molecular formula is C28H28N2O3. The van der Waals surface area contributed by atoms with Gasteiger partial charge >= 0.3 is 5.91 Å². The third-order valence-corrected chi connectivity index (χ3v) is 4.78. The van der Waals surface area contributed by atoms with Crippen molar-refractivity contribution in [1.82, 2.24) is 5.32 Å². The van der Waals surface area contributed by atoms with E-state index in [2.05, 4.69) is 17.2 Å². The van der Waals surface area contributed by atoms with Gasteiger partial charge in [-0.1, -0.05) is 54.5 Å². The van der Waals surface area contributed by atoms with Crippen LogP contribution in [0.15, 0.2) is 84.9 Å². The first-order chi connectivity index (χ1) is 15.8. The molecule has 0 bridgehead atoms. The maximum atomic E-state index is 13.5. The van der Waals surface area contributed by atoms with Gasteiger partial charge in [-0.25, -0.2) is 0 Å². The van der Waals surface area contributed by atoms with Crippen molar-refractivity contribution in [1.29, 1.82) is 0 Å². The molecule has 0 spiro atoms. The largest absolute Gasteiger partial charge is 0.497 e. The number of hydrogen-bond donors (Lipinski definition) is 1. The Labute approximate surface area is 195 Å². The fourth-order valence-electron chi connectivity index (χ4n) is 3.32. The van der Waals surface area contributed by atoms with Crippen molar-refractivity contribution < 1.29 is 14.3 Å². The van der Waals surface area contributed by atoms with E-state index in [1.807, 2.05) is 81.4 Å². The highest BCUT2D eigenvalue weighted by Crippen LogP contribution is 2.30. The average molecular weight is 441 g/mol. The second kappa shape index (κ2) is 10.5. The van der Waals surface area contributed by atoms with Crippen LogP contribution in [0.1, 0.15) is 37.9 Å². The van der Waals surface area contributed by atoms with Crippen LogP contribution < -0.4 is 15.0 Å². The van der Waals surface area contributed by atoms with Crippen LogP contribution in [0.2, 0.25) is 0 Å². The van der Waals surface area contributed by atoms with Crippen LogP contribution in [0.5, 0.6) is 5.75 Å². The van der Waals surface area contributed by atoms with Crippen LogP contribution >= 0.6 is 0 Å². The molecular weight excluding hydrogens is 412 g/mol. The van der Waals surface area contributed by atoms with Crippen molar-refractivity contribution in [2.24, 2.45) is 0 Å². The van der Waals surface area contributed by atoms with Gasteiger partial charge in [0.1, 0.15) is 11.8 Å². The second-order valence-corrected chi connectivity index (χ2v) is 8.54. The standard InChI is InChI=1S/C28H28N2O3/c1-28(2,3)29-27(32)26(22-13-9-6-10-14-22)30(23-16-18-24(33-4)19-17-23)25(31)20-15-21-11-7-5-8-12-21/h5-14,16-19,26H,1-4H3,(H,29,32). The van der Waals surface area contributed by atoms with Gasteiger partial charge in [-0.3, -0.25) is 14.5 Å². The molecule has 0 aromatic heterocycles. The lowest BCUT2D eigenvalue weighted by Gasteiger charge is -2.32. The van der Waals surface area contributed by atoms with E-state index in [0.29, 0.717) is 17.0 Å². The fourth-order valence-corrected chi connectivity index (χ4v) is 3.32. The zero-order valence-electron chi connectivity index (χ0n) is 19.3. The van der Waals surface area contributed by atoms with Gasteiger partial charge in [0.05, 0.1) is 7.11 Å². The molecule has 0 fully saturated rings. The molecule has 1 atom stereocenters. The van der Waals surface area contributed by atoms with Gasteiger partial charge in [0.15, 0.2) is 0 Å². The Kier molecular flexibility index (Phi) is 7.53. The molecule has 0 aliphatic rings. The molecule has 0 saturated carbocycles. The Morgan fingerprint density at radius 2 is 1.45 bits per heavy atom. The molecule has 5 nitrogen and oxygen atoms in total. The fraction of sp³-hybridized carbons (Fsp3) is 0.214. The molecule has 0 aliphatic heterocycles. The third-order valence-electron chi connectivity index (χ3n) is 4.78. The molecule has 0 aliphatic carbocycles. The summed E-state index contributed by atoms with van der Waals surface area (Å²) in [7, 11) is 1.58. The van der Waals surface area contributed by atoms with E-state index < -0.39 is 17.5 Å². The number of ether oxygens (including phenoxy) is 1. The van der Waals surface area contributed by atoms with Crippen LogP contribution in [0, 0.1) is 11.8 Å². The number of carbonyl (C=O) groups excluding carboxylic acids is 2. The number of rotatable bonds is 5. The summed E-state index contributed by atoms with van der Waals surface area (Å²) < 4.78 is 5.26. The predicted octanol–water partition coefficient (Wildman–Crippen LogP) is 4.74. The number of hydrogen-bond acceptors (Lipinski definition) is 3. The summed E-state index contributed by atoms with van der Waals surface area (Å²) in [6.45, 7) is 5.71. The second-order valence-electron chi connectivity index (χ2n) is 8.54. The van der Waals surface area contributed by atoms with E-state index in [9.17, 15) is 9.59 Å². The Balaban J connectivity index is 2.11. The van der Waals surface area contributed by atoms with Gasteiger partial charge < -0.3 is 10.1 Å². The van der Waals surface area contributed by atoms with Crippen molar-refractivity contribution >= 4 is 17.5 Å². The van der Waals surface area contributed by atoms with E-state index >= 15 is 0 Å². The molecule has 3 aromatic carbocycles. The average Bonchev–Trinajstić information content (AvgIpc) is 2.81. The lowest BCUT2D eigenvalue weighted by molar-refractivity contribution is -0.126. The van der Waals surface area contributed by atoms with Crippen molar-refractivity contribution in [3.05, 3.63) is 96.1 Å². The Morgan fingerprint density at radius 1 is 0.879 bits per heavy atom. The maximum Gasteiger partial charge on any atom is 0.304 e. The van der Waals surface area contributed by atoms with Gasteiger partial charge in [0.25, 0.3) is 0 Å². The van der Waals surface area contributed by atoms with E-state index in [4.69, 9.17) is 4.74 Å². The van der Waals surface area contributed by atoms with Gasteiger partial charge in [-0.15, -0.1) is 0 Å². The number of methoxy groups -OCH3 is 1. The van der Waals surface area contributed by atoms with Crippen molar-refractivity contribution in [3.8, 4) is 17.6 Å². The van der Waals surface area contributed by atoms with Crippen LogP contribution in [0.4, 0.5) is 5.69 Å². The highest BCUT2D eigenvalue weighted by atomic mass is 16.5. The summed E-state index contributed by atoms with van der Waals surface area (Å²) in [5.74, 6) is 5.51. The third kappa shape index (κ3) is 6.47. The summed E-state index contributed by atoms with van der Waals surface area (Å²) in [5.41, 5.74) is 1.47. The van der Waals surface area contributed by atoms with Gasteiger partial charge in [0, 0.05) is 22.7 Å². The summed E-state index contributed by atoms with van der Waals surface area (Å²) >= 11 is 0. The lowest BCUT2D eigenvalue weighted by Crippen LogP contribution is -2.49. The lowest BCUT2D eigenvalue weighted by atomic mass is 10.0. The first-order valence-electron chi connectivity index (χ1n) is 10.7. The first kappa shape index (κ1) is 23.6. The highest BCUT2D eigenvalue weighted by molar-refractivity contribution is 6.10. The zero-order chi connectivity index (χ0) is 23.8. The minimum absolute atomic E-state index is 0.292. The number of benzene rings is 3. The van der Waals surface area contributed by atoms with Crippen LogP contribution in [0.3, 0.4) is 0 Å². The zero-order valence-corrected chi connectivity index (χ0v) is 19.3. The van der Waals surface area contributed by atoms with Crippen molar-refractivity contribution in [2.75, 3.05) is 12.0 Å². The number of anilines is 1. The predicted molar refractivity (Wildman–Crippen MR) is 131 cm³/mol. The summed E-state index contributed by atoms with van der Waals surface area (Å²) in [5, 5.41) is 3.01. The Morgan fingerprint density at radius 3 is 2.00 bits per heavy atom. The molecule has 5 heteroatoms. The molecule has 1 unspecified atom stereocenters. The van der Waals surface area contributed by atoms with Gasteiger partial charge in [-0.05, 0) is 62.7 Å². The van der Waals surface area contributed by atoms with Gasteiger partial charge in [-0.2, -0.15) is 0 Å². The molecule has 0 saturated heterocycles. The van der Waals surface area contributed by atoms with E-state index in [1.165, 1.54) is 4.90 Å². The number of nitrogens with zero attached hydrogens (tertiary/aromatic N) is 1. The molecule has 3 rings (SSSR count). The highest BCUT2D eigenvalue weighted by Gasteiger charge is 2.33. The van der Waals surface area contributed by atoms with Crippen LogP contribution in [-0.4, -0.2) is 24.5 Å². The van der Waals surface area contributed by atoms with Crippen LogP contribution in [0.25, 0.3) is 0 Å². The normalized spacial score (nSPS) is 11.5. The molecule has 3 aromatic rings. The number of nitrogens with one attached hydrogen (secondary N) is 1. The maximum absolute atomic E-state index is 13.5. The number of carbonyl (C=O) groups is 2. The molecule has 0 heterocycles. The molecule has 2 amide bonds. The summed E-state index contributed by atoms with van der Waals surface area (Å²) in [6.07, 6.45) is 0. The molecule has 1 N–H and O–H groups in total. The van der Waals surface area contributed by atoms with E-state index in [1.54, 1.807) is 31.4 Å². The monoisotopic (exact) mass is 440 g/mol. The first-order valence-corrected chi connectivity index (χ1v) is 10.7.